The molecule has 4 aromatic rings. The molecule has 0 aliphatic rings. The highest BCUT2D eigenvalue weighted by atomic mass is 32.2. The number of aromatic nitrogens is 4. The first-order chi connectivity index (χ1) is 15.2. The van der Waals surface area contributed by atoms with Crippen molar-refractivity contribution < 1.29 is 9.59 Å². The minimum Gasteiger partial charge on any atom is -0.325 e. The molecule has 9 heteroatoms. The molecule has 0 bridgehead atoms. The second-order valence-corrected chi connectivity index (χ2v) is 7.57. The van der Waals surface area contributed by atoms with Crippen LogP contribution in [0.25, 0.3) is 11.4 Å². The van der Waals surface area contributed by atoms with Crippen LogP contribution in [0.3, 0.4) is 0 Å². The van der Waals surface area contributed by atoms with Crippen LogP contribution in [0.5, 0.6) is 0 Å². The average molecular weight is 433 g/mol. The molecule has 0 spiro atoms. The van der Waals surface area contributed by atoms with Gasteiger partial charge in [0.25, 0.3) is 0 Å². The van der Waals surface area contributed by atoms with Crippen molar-refractivity contribution in [3.8, 4) is 11.4 Å². The molecule has 2 heterocycles. The third-order valence-electron chi connectivity index (χ3n) is 4.31. The summed E-state index contributed by atoms with van der Waals surface area (Å²) in [6.45, 7) is 0. The molecule has 0 fully saturated rings. The van der Waals surface area contributed by atoms with Crippen LogP contribution in [0.4, 0.5) is 11.4 Å². The fraction of sp³-hybridized carbons (Fsp3) is 0.0909. The van der Waals surface area contributed by atoms with Gasteiger partial charge in [0, 0.05) is 36.2 Å². The van der Waals surface area contributed by atoms with Crippen molar-refractivity contribution in [1.29, 1.82) is 0 Å². The second-order valence-electron chi connectivity index (χ2n) is 6.58. The number of nitrogens with one attached hydrogen (secondary N) is 2. The van der Waals surface area contributed by atoms with Crippen molar-refractivity contribution >= 4 is 35.0 Å². The van der Waals surface area contributed by atoms with E-state index < -0.39 is 0 Å². The van der Waals surface area contributed by atoms with Crippen LogP contribution in [0.1, 0.15) is 0 Å². The lowest BCUT2D eigenvalue weighted by atomic mass is 10.3. The average Bonchev–Trinajstić information content (AvgIpc) is 3.49. The summed E-state index contributed by atoms with van der Waals surface area (Å²) in [5.74, 6) is 0.0560. The largest absolute Gasteiger partial charge is 0.325 e. The topological polar surface area (TPSA) is 93.8 Å². The maximum absolute atomic E-state index is 12.1. The predicted octanol–water partition coefficient (Wildman–Crippen LogP) is 3.37. The van der Waals surface area contributed by atoms with Crippen molar-refractivity contribution in [2.24, 2.45) is 0 Å². The molecule has 8 nitrogen and oxygen atoms in total. The van der Waals surface area contributed by atoms with Gasteiger partial charge in [-0.05, 0) is 60.7 Å². The Kier molecular flexibility index (Phi) is 6.44. The van der Waals surface area contributed by atoms with E-state index in [1.165, 1.54) is 11.8 Å². The van der Waals surface area contributed by atoms with E-state index in [9.17, 15) is 9.59 Å². The fourth-order valence-corrected chi connectivity index (χ4v) is 3.49. The van der Waals surface area contributed by atoms with Crippen LogP contribution in [0, 0.1) is 0 Å². The molecule has 0 aliphatic heterocycles. The van der Waals surface area contributed by atoms with Crippen LogP contribution in [-0.4, -0.2) is 42.9 Å². The fourth-order valence-electron chi connectivity index (χ4n) is 2.87. The van der Waals surface area contributed by atoms with E-state index >= 15 is 0 Å². The van der Waals surface area contributed by atoms with Crippen LogP contribution in [-0.2, 0) is 9.59 Å². The first kappa shape index (κ1) is 20.4. The van der Waals surface area contributed by atoms with E-state index in [0.29, 0.717) is 11.4 Å². The smallest absolute Gasteiger partial charge is 0.234 e. The zero-order valence-electron chi connectivity index (χ0n) is 16.5. The Morgan fingerprint density at radius 1 is 0.710 bits per heavy atom. The minimum atomic E-state index is -0.159. The maximum atomic E-state index is 12.1. The van der Waals surface area contributed by atoms with E-state index in [4.69, 9.17) is 0 Å². The van der Waals surface area contributed by atoms with Crippen LogP contribution in [0.2, 0.25) is 0 Å². The number of thioether (sulfide) groups is 1. The number of nitrogens with zero attached hydrogens (tertiary/aromatic N) is 4. The third-order valence-corrected chi connectivity index (χ3v) is 5.24. The summed E-state index contributed by atoms with van der Waals surface area (Å²) in [6, 6.07) is 18.5. The number of rotatable bonds is 8. The summed E-state index contributed by atoms with van der Waals surface area (Å²) >= 11 is 1.26. The van der Waals surface area contributed by atoms with Crippen molar-refractivity contribution in [3.63, 3.8) is 0 Å². The van der Waals surface area contributed by atoms with Crippen molar-refractivity contribution in [3.05, 3.63) is 85.5 Å². The van der Waals surface area contributed by atoms with Crippen molar-refractivity contribution in [1.82, 2.24) is 19.6 Å². The Morgan fingerprint density at radius 2 is 1.13 bits per heavy atom. The summed E-state index contributed by atoms with van der Waals surface area (Å²) in [5, 5.41) is 14.0. The van der Waals surface area contributed by atoms with Gasteiger partial charge in [-0.25, -0.2) is 9.36 Å². The van der Waals surface area contributed by atoms with E-state index in [2.05, 4.69) is 20.8 Å². The number of amides is 2. The lowest BCUT2D eigenvalue weighted by molar-refractivity contribution is -0.114. The zero-order valence-corrected chi connectivity index (χ0v) is 17.3. The van der Waals surface area contributed by atoms with Gasteiger partial charge >= 0.3 is 0 Å². The third kappa shape index (κ3) is 5.61. The van der Waals surface area contributed by atoms with Crippen LogP contribution in [0.15, 0.2) is 85.5 Å². The predicted molar refractivity (Wildman–Crippen MR) is 122 cm³/mol. The summed E-state index contributed by atoms with van der Waals surface area (Å²) in [5.41, 5.74) is 3.21. The summed E-state index contributed by atoms with van der Waals surface area (Å²) in [6.07, 6.45) is 7.12. The molecular weight excluding hydrogens is 412 g/mol. The van der Waals surface area contributed by atoms with Gasteiger partial charge in [0.2, 0.25) is 11.8 Å². The minimum absolute atomic E-state index is 0.159. The van der Waals surface area contributed by atoms with E-state index in [1.54, 1.807) is 21.8 Å². The van der Waals surface area contributed by atoms with Crippen molar-refractivity contribution in [2.45, 2.75) is 0 Å². The van der Waals surface area contributed by atoms with Gasteiger partial charge in [-0.1, -0.05) is 0 Å². The lowest BCUT2D eigenvalue weighted by Crippen LogP contribution is -2.18. The Balaban J connectivity index is 1.19. The zero-order chi connectivity index (χ0) is 21.5. The molecule has 2 N–H and O–H groups in total. The molecule has 31 heavy (non-hydrogen) atoms. The number of hydrogen-bond donors (Lipinski definition) is 2. The van der Waals surface area contributed by atoms with E-state index in [1.807, 2.05) is 73.1 Å². The van der Waals surface area contributed by atoms with Gasteiger partial charge < -0.3 is 10.6 Å². The SMILES string of the molecule is O=C(CSCC(=O)Nc1ccc(-n2cccn2)cc1)Nc1ccc(-n2cccn2)cc1. The highest BCUT2D eigenvalue weighted by Gasteiger charge is 2.07. The lowest BCUT2D eigenvalue weighted by Gasteiger charge is -2.08. The van der Waals surface area contributed by atoms with Crippen molar-refractivity contribution in [2.75, 3.05) is 22.1 Å². The molecule has 0 saturated carbocycles. The quantitative estimate of drug-likeness (QED) is 0.445. The number of anilines is 2. The van der Waals surface area contributed by atoms with Gasteiger partial charge in [-0.3, -0.25) is 9.59 Å². The summed E-state index contributed by atoms with van der Waals surface area (Å²) < 4.78 is 3.48. The highest BCUT2D eigenvalue weighted by molar-refractivity contribution is 8.00. The number of benzene rings is 2. The number of carbonyl (C=O) groups excluding carboxylic acids is 2. The molecule has 156 valence electrons. The number of hydrogen-bond acceptors (Lipinski definition) is 5. The Morgan fingerprint density at radius 3 is 1.48 bits per heavy atom. The molecule has 2 aromatic carbocycles. The molecule has 0 radical (unpaired) electrons. The Labute approximate surface area is 183 Å². The molecular formula is C22H20N6O2S. The summed E-state index contributed by atoms with van der Waals surface area (Å²) in [7, 11) is 0. The monoisotopic (exact) mass is 432 g/mol. The molecule has 0 unspecified atom stereocenters. The number of carbonyl (C=O) groups is 2. The normalized spacial score (nSPS) is 10.6. The summed E-state index contributed by atoms with van der Waals surface area (Å²) in [4.78, 5) is 24.3. The molecule has 0 saturated heterocycles. The second kappa shape index (κ2) is 9.77. The van der Waals surface area contributed by atoms with Gasteiger partial charge in [-0.2, -0.15) is 10.2 Å². The molecule has 2 aromatic heterocycles. The van der Waals surface area contributed by atoms with Gasteiger partial charge in [0.1, 0.15) is 0 Å². The van der Waals surface area contributed by atoms with Crippen LogP contribution < -0.4 is 10.6 Å². The molecule has 0 aliphatic carbocycles. The molecule has 4 rings (SSSR count). The van der Waals surface area contributed by atoms with Gasteiger partial charge in [-0.15, -0.1) is 11.8 Å². The standard InChI is InChI=1S/C22H20N6O2S/c29-21(25-17-3-7-19(8-4-17)27-13-1-11-23-27)15-31-16-22(30)26-18-5-9-20(10-6-18)28-14-2-12-24-28/h1-14H,15-16H2,(H,25,29)(H,26,30). The maximum Gasteiger partial charge on any atom is 0.234 e. The highest BCUT2D eigenvalue weighted by Crippen LogP contribution is 2.15. The first-order valence-corrected chi connectivity index (χ1v) is 10.7. The first-order valence-electron chi connectivity index (χ1n) is 9.55. The van der Waals surface area contributed by atoms with E-state index in [-0.39, 0.29) is 23.3 Å². The molecule has 0 atom stereocenters. The van der Waals surface area contributed by atoms with E-state index in [0.717, 1.165) is 11.4 Å². The van der Waals surface area contributed by atoms with Crippen LogP contribution >= 0.6 is 11.8 Å². The van der Waals surface area contributed by atoms with Gasteiger partial charge in [0.15, 0.2) is 0 Å². The Bertz CT molecular complexity index is 1030. The Hall–Kier alpha value is -3.85. The van der Waals surface area contributed by atoms with Gasteiger partial charge in [0.05, 0.1) is 22.9 Å². The molecule has 2 amide bonds.